The number of nitrogens with zero attached hydrogens (tertiary/aromatic N) is 2. The van der Waals surface area contributed by atoms with Gasteiger partial charge < -0.3 is 19.1 Å². The van der Waals surface area contributed by atoms with Gasteiger partial charge in [0.15, 0.2) is 0 Å². The second-order valence-corrected chi connectivity index (χ2v) is 5.95. The highest BCUT2D eigenvalue weighted by atomic mass is 16.5. The Morgan fingerprint density at radius 3 is 2.39 bits per heavy atom. The highest BCUT2D eigenvalue weighted by Crippen LogP contribution is 2.36. The van der Waals surface area contributed by atoms with Crippen LogP contribution in [0.4, 0.5) is 5.69 Å². The molecule has 0 saturated carbocycles. The van der Waals surface area contributed by atoms with E-state index in [4.69, 9.17) is 14.2 Å². The summed E-state index contributed by atoms with van der Waals surface area (Å²) in [7, 11) is 4.09. The number of benzene rings is 1. The first-order valence-electron chi connectivity index (χ1n) is 8.51. The van der Waals surface area contributed by atoms with Crippen LogP contribution in [0.5, 0.6) is 5.75 Å². The quantitative estimate of drug-likeness (QED) is 0.755. The summed E-state index contributed by atoms with van der Waals surface area (Å²) >= 11 is 0. The standard InChI is InChI=1S/C21H20N2O5/c1-13-8-9-14-16(10-11-17(26-2)18(14)22-13)23-12-6-5-7-15(20(24)27-3)19(23)21(25)28-4/h5-12H,1-4H3. The molecular weight excluding hydrogens is 360 g/mol. The van der Waals surface area contributed by atoms with Gasteiger partial charge >= 0.3 is 11.9 Å². The van der Waals surface area contributed by atoms with Gasteiger partial charge in [-0.15, -0.1) is 0 Å². The van der Waals surface area contributed by atoms with Crippen LogP contribution in [0.1, 0.15) is 5.69 Å². The van der Waals surface area contributed by atoms with E-state index in [0.29, 0.717) is 17.0 Å². The lowest BCUT2D eigenvalue weighted by Gasteiger charge is -2.24. The van der Waals surface area contributed by atoms with E-state index >= 15 is 0 Å². The van der Waals surface area contributed by atoms with E-state index in [9.17, 15) is 9.59 Å². The van der Waals surface area contributed by atoms with E-state index in [-0.39, 0.29) is 11.3 Å². The largest absolute Gasteiger partial charge is 0.494 e. The third kappa shape index (κ3) is 3.34. The minimum Gasteiger partial charge on any atom is -0.494 e. The summed E-state index contributed by atoms with van der Waals surface area (Å²) in [5.41, 5.74) is 2.25. The summed E-state index contributed by atoms with van der Waals surface area (Å²) in [5.74, 6) is -0.700. The molecule has 1 aliphatic heterocycles. The monoisotopic (exact) mass is 380 g/mol. The first-order valence-corrected chi connectivity index (χ1v) is 8.51. The molecule has 0 saturated heterocycles. The van der Waals surface area contributed by atoms with Gasteiger partial charge in [0.1, 0.15) is 17.0 Å². The predicted molar refractivity (Wildman–Crippen MR) is 105 cm³/mol. The summed E-state index contributed by atoms with van der Waals surface area (Å²) in [4.78, 5) is 31.1. The van der Waals surface area contributed by atoms with E-state index in [1.54, 1.807) is 42.5 Å². The maximum atomic E-state index is 12.6. The van der Waals surface area contributed by atoms with Crippen LogP contribution in [0.3, 0.4) is 0 Å². The number of carbonyl (C=O) groups is 2. The van der Waals surface area contributed by atoms with Gasteiger partial charge in [0.25, 0.3) is 0 Å². The molecule has 0 atom stereocenters. The Morgan fingerprint density at radius 1 is 0.964 bits per heavy atom. The molecule has 2 aromatic rings. The zero-order valence-corrected chi connectivity index (χ0v) is 16.1. The second-order valence-electron chi connectivity index (χ2n) is 5.95. The first kappa shape index (κ1) is 19.2. The lowest BCUT2D eigenvalue weighted by atomic mass is 10.1. The van der Waals surface area contributed by atoms with E-state index in [2.05, 4.69) is 4.98 Å². The fourth-order valence-corrected chi connectivity index (χ4v) is 3.00. The maximum Gasteiger partial charge on any atom is 0.355 e. The fraction of sp³-hybridized carbons (Fsp3) is 0.190. The third-order valence-electron chi connectivity index (χ3n) is 4.31. The molecule has 0 amide bonds. The van der Waals surface area contributed by atoms with Crippen molar-refractivity contribution in [2.75, 3.05) is 26.2 Å². The number of aryl methyl sites for hydroxylation is 1. The van der Waals surface area contributed by atoms with Gasteiger partial charge in [-0.3, -0.25) is 0 Å². The van der Waals surface area contributed by atoms with Crippen LogP contribution >= 0.6 is 0 Å². The fourth-order valence-electron chi connectivity index (χ4n) is 3.00. The summed E-state index contributed by atoms with van der Waals surface area (Å²) < 4.78 is 15.2. The molecule has 144 valence electrons. The summed E-state index contributed by atoms with van der Waals surface area (Å²) in [6.07, 6.45) is 6.57. The van der Waals surface area contributed by atoms with Crippen molar-refractivity contribution in [3.63, 3.8) is 0 Å². The van der Waals surface area contributed by atoms with Gasteiger partial charge in [-0.2, -0.15) is 0 Å². The Kier molecular flexibility index (Phi) is 5.44. The Labute approximate surface area is 162 Å². The molecule has 0 fully saturated rings. The molecule has 0 aliphatic carbocycles. The molecule has 3 rings (SSSR count). The van der Waals surface area contributed by atoms with Gasteiger partial charge in [-0.05, 0) is 43.3 Å². The predicted octanol–water partition coefficient (Wildman–Crippen LogP) is 3.04. The SMILES string of the molecule is COC(=O)C1=C(C(=O)OC)N(c2ccc(OC)c3nc(C)ccc23)C=CC=C1. The van der Waals surface area contributed by atoms with E-state index < -0.39 is 11.9 Å². The number of pyridine rings is 1. The maximum absolute atomic E-state index is 12.6. The van der Waals surface area contributed by atoms with Gasteiger partial charge in [-0.1, -0.05) is 6.08 Å². The Hall–Kier alpha value is -3.61. The van der Waals surface area contributed by atoms with Gasteiger partial charge in [0.2, 0.25) is 0 Å². The van der Waals surface area contributed by atoms with Crippen LogP contribution < -0.4 is 9.64 Å². The van der Waals surface area contributed by atoms with Crippen molar-refractivity contribution in [2.45, 2.75) is 6.92 Å². The molecule has 0 N–H and O–H groups in total. The Bertz CT molecular complexity index is 1040. The van der Waals surface area contributed by atoms with Crippen molar-refractivity contribution in [1.29, 1.82) is 0 Å². The molecule has 0 unspecified atom stereocenters. The molecule has 1 aromatic carbocycles. The van der Waals surface area contributed by atoms with Crippen LogP contribution in [-0.4, -0.2) is 38.3 Å². The van der Waals surface area contributed by atoms with Crippen LogP contribution in [0.25, 0.3) is 10.9 Å². The van der Waals surface area contributed by atoms with Crippen molar-refractivity contribution in [2.24, 2.45) is 0 Å². The van der Waals surface area contributed by atoms with Crippen LogP contribution in [0.2, 0.25) is 0 Å². The van der Waals surface area contributed by atoms with Crippen LogP contribution in [-0.2, 0) is 19.1 Å². The van der Waals surface area contributed by atoms with Crippen molar-refractivity contribution >= 4 is 28.5 Å². The number of fused-ring (bicyclic) bond motifs is 1. The normalized spacial score (nSPS) is 13.5. The second kappa shape index (κ2) is 7.96. The average Bonchev–Trinajstić information content (AvgIpc) is 2.94. The summed E-state index contributed by atoms with van der Waals surface area (Å²) in [6, 6.07) is 7.33. The third-order valence-corrected chi connectivity index (χ3v) is 4.31. The number of allylic oxidation sites excluding steroid dienone is 2. The number of anilines is 1. The minimum absolute atomic E-state index is 0.0476. The number of methoxy groups -OCH3 is 3. The van der Waals surface area contributed by atoms with Crippen molar-refractivity contribution in [3.8, 4) is 5.75 Å². The number of ether oxygens (including phenoxy) is 3. The molecule has 28 heavy (non-hydrogen) atoms. The molecule has 0 spiro atoms. The summed E-state index contributed by atoms with van der Waals surface area (Å²) in [5, 5.41) is 0.752. The molecule has 7 nitrogen and oxygen atoms in total. The minimum atomic E-state index is -0.666. The van der Waals surface area contributed by atoms with E-state index in [0.717, 1.165) is 11.1 Å². The topological polar surface area (TPSA) is 78.0 Å². The van der Waals surface area contributed by atoms with Crippen molar-refractivity contribution < 1.29 is 23.8 Å². The molecule has 0 bridgehead atoms. The molecule has 2 heterocycles. The smallest absolute Gasteiger partial charge is 0.355 e. The highest BCUT2D eigenvalue weighted by molar-refractivity contribution is 6.08. The highest BCUT2D eigenvalue weighted by Gasteiger charge is 2.28. The number of hydrogen-bond acceptors (Lipinski definition) is 7. The van der Waals surface area contributed by atoms with Gasteiger partial charge in [-0.25, -0.2) is 14.6 Å². The zero-order chi connectivity index (χ0) is 20.3. The number of esters is 2. The number of carbonyl (C=O) groups excluding carboxylic acids is 2. The lowest BCUT2D eigenvalue weighted by Crippen LogP contribution is -2.27. The number of hydrogen-bond donors (Lipinski definition) is 0. The molecule has 1 aliphatic rings. The van der Waals surface area contributed by atoms with E-state index in [1.165, 1.54) is 20.3 Å². The molecule has 0 radical (unpaired) electrons. The Balaban J connectivity index is 2.32. The van der Waals surface area contributed by atoms with Crippen LogP contribution in [0, 0.1) is 6.92 Å². The average molecular weight is 380 g/mol. The zero-order valence-electron chi connectivity index (χ0n) is 16.1. The van der Waals surface area contributed by atoms with Gasteiger partial charge in [0, 0.05) is 17.3 Å². The molecular formula is C21H20N2O5. The van der Waals surface area contributed by atoms with Crippen molar-refractivity contribution in [3.05, 3.63) is 65.7 Å². The summed E-state index contributed by atoms with van der Waals surface area (Å²) in [6.45, 7) is 1.89. The molecule has 7 heteroatoms. The Morgan fingerprint density at radius 2 is 1.71 bits per heavy atom. The van der Waals surface area contributed by atoms with Crippen molar-refractivity contribution in [1.82, 2.24) is 4.98 Å². The molecule has 1 aromatic heterocycles. The number of rotatable bonds is 4. The van der Waals surface area contributed by atoms with Gasteiger partial charge in [0.05, 0.1) is 32.6 Å². The first-order chi connectivity index (χ1) is 13.5. The van der Waals surface area contributed by atoms with E-state index in [1.807, 2.05) is 19.1 Å². The lowest BCUT2D eigenvalue weighted by molar-refractivity contribution is -0.139. The number of aromatic nitrogens is 1. The van der Waals surface area contributed by atoms with Crippen LogP contribution in [0.15, 0.2) is 60.0 Å².